The zero-order valence-electron chi connectivity index (χ0n) is 17.2. The number of hydrogen-bond donors (Lipinski definition) is 1. The van der Waals surface area contributed by atoms with Crippen LogP contribution in [0.3, 0.4) is 0 Å². The summed E-state index contributed by atoms with van der Waals surface area (Å²) in [6.07, 6.45) is 4.25. The fourth-order valence-electron chi connectivity index (χ4n) is 4.36. The van der Waals surface area contributed by atoms with Crippen LogP contribution in [0.4, 0.5) is 0 Å². The summed E-state index contributed by atoms with van der Waals surface area (Å²) in [4.78, 5) is 19.9. The number of nitrogens with one attached hydrogen (secondary N) is 1. The van der Waals surface area contributed by atoms with Crippen molar-refractivity contribution < 1.29 is 4.79 Å². The molecule has 154 valence electrons. The number of fused-ring (bicyclic) bond motifs is 3. The van der Waals surface area contributed by atoms with Crippen molar-refractivity contribution in [2.45, 2.75) is 39.8 Å². The first-order chi connectivity index (χ1) is 14.5. The van der Waals surface area contributed by atoms with Crippen LogP contribution in [0.1, 0.15) is 51.4 Å². The Labute approximate surface area is 180 Å². The first kappa shape index (κ1) is 19.3. The maximum Gasteiger partial charge on any atom is 0.255 e. The van der Waals surface area contributed by atoms with E-state index in [0.717, 1.165) is 65.4 Å². The van der Waals surface area contributed by atoms with E-state index in [1.807, 2.05) is 43.0 Å². The van der Waals surface area contributed by atoms with Crippen molar-refractivity contribution in [3.8, 4) is 0 Å². The number of rotatable bonds is 2. The summed E-state index contributed by atoms with van der Waals surface area (Å²) in [5.74, 6) is 0.0370. The molecule has 5 rings (SSSR count). The van der Waals surface area contributed by atoms with Gasteiger partial charge in [0.05, 0.1) is 35.2 Å². The minimum atomic E-state index is 0.0370. The first-order valence-electron chi connectivity index (χ1n) is 10.3. The Balaban J connectivity index is 1.45. The van der Waals surface area contributed by atoms with Gasteiger partial charge in [0.2, 0.25) is 0 Å². The number of nitrogens with zero attached hydrogens (tertiary/aromatic N) is 4. The molecule has 0 aliphatic carbocycles. The summed E-state index contributed by atoms with van der Waals surface area (Å²) in [6, 6.07) is 7.88. The molecule has 3 aromatic rings. The lowest BCUT2D eigenvalue weighted by atomic mass is 9.99. The van der Waals surface area contributed by atoms with E-state index in [-0.39, 0.29) is 5.91 Å². The molecule has 2 aromatic heterocycles. The third-order valence-corrected chi connectivity index (χ3v) is 6.59. The van der Waals surface area contributed by atoms with Gasteiger partial charge in [-0.1, -0.05) is 41.4 Å². The molecule has 7 heteroatoms. The first-order valence-corrected chi connectivity index (χ1v) is 10.7. The van der Waals surface area contributed by atoms with Crippen LogP contribution >= 0.6 is 11.6 Å². The smallest absolute Gasteiger partial charge is 0.255 e. The molecule has 2 aliphatic heterocycles. The van der Waals surface area contributed by atoms with E-state index in [1.54, 1.807) is 4.52 Å². The highest BCUT2D eigenvalue weighted by Crippen LogP contribution is 2.30. The Morgan fingerprint density at radius 2 is 1.93 bits per heavy atom. The lowest BCUT2D eigenvalue weighted by Crippen LogP contribution is -2.27. The van der Waals surface area contributed by atoms with Crippen molar-refractivity contribution >= 4 is 29.2 Å². The summed E-state index contributed by atoms with van der Waals surface area (Å²) < 4.78 is 1.80. The van der Waals surface area contributed by atoms with Gasteiger partial charge in [0.25, 0.3) is 5.91 Å². The number of carbonyl (C=O) groups is 1. The van der Waals surface area contributed by atoms with E-state index in [2.05, 4.69) is 16.4 Å². The van der Waals surface area contributed by atoms with Crippen molar-refractivity contribution in [2.24, 2.45) is 0 Å². The highest BCUT2D eigenvalue weighted by molar-refractivity contribution is 6.31. The molecule has 6 nitrogen and oxygen atoms in total. The van der Waals surface area contributed by atoms with Crippen molar-refractivity contribution in [1.82, 2.24) is 24.8 Å². The van der Waals surface area contributed by atoms with E-state index in [1.165, 1.54) is 5.57 Å². The van der Waals surface area contributed by atoms with Gasteiger partial charge in [-0.25, -0.2) is 9.50 Å². The second-order valence-electron chi connectivity index (χ2n) is 8.06. The third kappa shape index (κ3) is 3.20. The molecule has 0 bridgehead atoms. The molecule has 4 heterocycles. The van der Waals surface area contributed by atoms with Gasteiger partial charge in [0.15, 0.2) is 5.65 Å². The van der Waals surface area contributed by atoms with Gasteiger partial charge < -0.3 is 10.2 Å². The number of halogens is 1. The van der Waals surface area contributed by atoms with Crippen molar-refractivity contribution in [3.63, 3.8) is 0 Å². The number of piperidine rings is 1. The number of aromatic nitrogens is 3. The van der Waals surface area contributed by atoms with E-state index < -0.39 is 0 Å². The average molecular weight is 422 g/mol. The lowest BCUT2D eigenvalue weighted by molar-refractivity contribution is 0.0749. The van der Waals surface area contributed by atoms with E-state index in [0.29, 0.717) is 18.1 Å². The Morgan fingerprint density at radius 3 is 2.73 bits per heavy atom. The highest BCUT2D eigenvalue weighted by Gasteiger charge is 2.31. The van der Waals surface area contributed by atoms with Crippen LogP contribution in [0.2, 0.25) is 5.02 Å². The normalized spacial score (nSPS) is 16.2. The molecule has 1 aromatic carbocycles. The minimum Gasteiger partial charge on any atom is -0.328 e. The highest BCUT2D eigenvalue weighted by atomic mass is 35.5. The van der Waals surface area contributed by atoms with Gasteiger partial charge in [-0.3, -0.25) is 4.79 Å². The minimum absolute atomic E-state index is 0.0370. The summed E-state index contributed by atoms with van der Waals surface area (Å²) in [7, 11) is 0. The summed E-state index contributed by atoms with van der Waals surface area (Å²) in [5.41, 5.74) is 7.51. The monoisotopic (exact) mass is 421 g/mol. The van der Waals surface area contributed by atoms with Crippen LogP contribution in [0, 0.1) is 13.8 Å². The van der Waals surface area contributed by atoms with Gasteiger partial charge >= 0.3 is 0 Å². The largest absolute Gasteiger partial charge is 0.328 e. The summed E-state index contributed by atoms with van der Waals surface area (Å²) >= 11 is 6.34. The van der Waals surface area contributed by atoms with Gasteiger partial charge in [-0.05, 0) is 51.4 Å². The average Bonchev–Trinajstić information content (AvgIpc) is 3.32. The number of carbonyl (C=O) groups excluding carboxylic acids is 1. The second kappa shape index (κ2) is 7.52. The molecule has 1 amide bonds. The van der Waals surface area contributed by atoms with Gasteiger partial charge in [-0.2, -0.15) is 5.10 Å². The third-order valence-electron chi connectivity index (χ3n) is 6.04. The van der Waals surface area contributed by atoms with Gasteiger partial charge in [-0.15, -0.1) is 0 Å². The standard InChI is InChI=1S/C23H24ClN5O/c1-14-21(24)15(2)29-22(26-14)19-12-28(13-20(19)27-29)23(30)18-6-4-3-5-17(18)11-16-7-9-25-10-8-16/h3-6,11,25H,7-10,12-13H2,1-2H3. The molecule has 1 saturated heterocycles. The molecule has 0 spiro atoms. The molecule has 0 unspecified atom stereocenters. The van der Waals surface area contributed by atoms with Crippen LogP contribution < -0.4 is 5.32 Å². The van der Waals surface area contributed by atoms with Crippen LogP contribution in [-0.4, -0.2) is 38.5 Å². The van der Waals surface area contributed by atoms with Crippen molar-refractivity contribution in [2.75, 3.05) is 13.1 Å². The fourth-order valence-corrected chi connectivity index (χ4v) is 4.48. The van der Waals surface area contributed by atoms with E-state index >= 15 is 0 Å². The topological polar surface area (TPSA) is 62.5 Å². The Kier molecular flexibility index (Phi) is 4.83. The van der Waals surface area contributed by atoms with Gasteiger partial charge in [0, 0.05) is 11.1 Å². The maximum absolute atomic E-state index is 13.4. The molecule has 0 saturated carbocycles. The van der Waals surface area contributed by atoms with Gasteiger partial charge in [0.1, 0.15) is 0 Å². The number of benzene rings is 1. The maximum atomic E-state index is 13.4. The number of hydrogen-bond acceptors (Lipinski definition) is 4. The molecule has 0 atom stereocenters. The summed E-state index contributed by atoms with van der Waals surface area (Å²) in [5, 5.41) is 8.71. The Bertz CT molecular complexity index is 1190. The Hall–Kier alpha value is -2.70. The van der Waals surface area contributed by atoms with Crippen molar-refractivity contribution in [1.29, 1.82) is 0 Å². The van der Waals surface area contributed by atoms with Crippen LogP contribution in [-0.2, 0) is 13.1 Å². The molecule has 1 N–H and O–H groups in total. The summed E-state index contributed by atoms with van der Waals surface area (Å²) in [6.45, 7) is 6.84. The number of aryl methyl sites for hydroxylation is 2. The van der Waals surface area contributed by atoms with Crippen LogP contribution in [0.15, 0.2) is 29.8 Å². The molecular formula is C23H24ClN5O. The van der Waals surface area contributed by atoms with E-state index in [9.17, 15) is 4.79 Å². The van der Waals surface area contributed by atoms with E-state index in [4.69, 9.17) is 16.7 Å². The zero-order valence-corrected chi connectivity index (χ0v) is 18.0. The Morgan fingerprint density at radius 1 is 1.17 bits per heavy atom. The molecule has 1 fully saturated rings. The SMILES string of the molecule is Cc1nc2c3c(nn2c(C)c1Cl)CN(C(=O)c1ccccc1C=C1CCNCC1)C3. The number of amides is 1. The second-order valence-corrected chi connectivity index (χ2v) is 8.44. The van der Waals surface area contributed by atoms with Crippen molar-refractivity contribution in [3.05, 3.63) is 68.6 Å². The molecule has 2 aliphatic rings. The quantitative estimate of drug-likeness (QED) is 0.681. The lowest BCUT2D eigenvalue weighted by Gasteiger charge is -2.19. The predicted octanol–water partition coefficient (Wildman–Crippen LogP) is 3.92. The fraction of sp³-hybridized carbons (Fsp3) is 0.348. The molecule has 0 radical (unpaired) electrons. The zero-order chi connectivity index (χ0) is 20.8. The predicted molar refractivity (Wildman–Crippen MR) is 118 cm³/mol. The van der Waals surface area contributed by atoms with Crippen LogP contribution in [0.5, 0.6) is 0 Å². The molecular weight excluding hydrogens is 398 g/mol. The van der Waals surface area contributed by atoms with Crippen LogP contribution in [0.25, 0.3) is 11.7 Å². The molecule has 30 heavy (non-hydrogen) atoms.